The first-order chi connectivity index (χ1) is 14.1. The number of hydrogen-bond donors (Lipinski definition) is 2. The Labute approximate surface area is 169 Å². The lowest BCUT2D eigenvalue weighted by Gasteiger charge is -2.11. The fraction of sp³-hybridized carbons (Fsp3) is 0.167. The van der Waals surface area contributed by atoms with E-state index >= 15 is 0 Å². The number of carbonyl (C=O) groups is 1. The number of carboxylic acid groups (broad SMARTS) is 1. The Hall–Kier alpha value is -3.60. The number of aryl methyl sites for hydroxylation is 1. The van der Waals surface area contributed by atoms with E-state index in [1.807, 2.05) is 48.5 Å². The number of hydrogen-bond acceptors (Lipinski definition) is 3. The van der Waals surface area contributed by atoms with Crippen LogP contribution in [0.4, 0.5) is 5.69 Å². The monoisotopic (exact) mass is 385 g/mol. The van der Waals surface area contributed by atoms with Gasteiger partial charge in [-0.25, -0.2) is 9.78 Å². The number of nitrogen functional groups attached to an aromatic ring is 1. The van der Waals surface area contributed by atoms with Gasteiger partial charge in [-0.3, -0.25) is 0 Å². The van der Waals surface area contributed by atoms with Crippen LogP contribution < -0.4 is 5.73 Å². The van der Waals surface area contributed by atoms with E-state index in [1.165, 1.54) is 0 Å². The fourth-order valence-corrected chi connectivity index (χ4v) is 3.70. The second-order valence-corrected chi connectivity index (χ2v) is 7.13. The summed E-state index contributed by atoms with van der Waals surface area (Å²) in [5.41, 5.74) is 11.7. The quantitative estimate of drug-likeness (QED) is 0.459. The standard InChI is InChI=1S/C24H23N3O2/c1-2-6-22-26-23-20(25)9-5-10-21(23)27(22)15-16-11-13-17(14-12-16)18-7-3-4-8-19(18)24(28)29/h3-5,7-14H,2,6,15,25H2,1H3,(H,28,29). The van der Waals surface area contributed by atoms with Crippen molar-refractivity contribution in [3.05, 3.63) is 83.7 Å². The second-order valence-electron chi connectivity index (χ2n) is 7.13. The minimum atomic E-state index is -0.920. The summed E-state index contributed by atoms with van der Waals surface area (Å²) in [6.45, 7) is 2.83. The van der Waals surface area contributed by atoms with E-state index in [2.05, 4.69) is 17.6 Å². The SMILES string of the molecule is CCCc1nc2c(N)cccc2n1Cc1ccc(-c2ccccc2C(=O)O)cc1. The van der Waals surface area contributed by atoms with E-state index in [1.54, 1.807) is 12.1 Å². The molecule has 3 N–H and O–H groups in total. The molecule has 4 aromatic rings. The van der Waals surface area contributed by atoms with Gasteiger partial charge in [-0.05, 0) is 41.3 Å². The summed E-state index contributed by atoms with van der Waals surface area (Å²) in [5, 5.41) is 9.44. The van der Waals surface area contributed by atoms with Crippen LogP contribution in [-0.2, 0) is 13.0 Å². The molecule has 0 spiro atoms. The van der Waals surface area contributed by atoms with Crippen molar-refractivity contribution in [2.75, 3.05) is 5.73 Å². The zero-order valence-corrected chi connectivity index (χ0v) is 16.3. The van der Waals surface area contributed by atoms with Crippen LogP contribution in [0.25, 0.3) is 22.2 Å². The van der Waals surface area contributed by atoms with E-state index < -0.39 is 5.97 Å². The number of nitrogens with two attached hydrogens (primary N) is 1. The smallest absolute Gasteiger partial charge is 0.336 e. The molecule has 1 aromatic heterocycles. The zero-order chi connectivity index (χ0) is 20.4. The largest absolute Gasteiger partial charge is 0.478 e. The van der Waals surface area contributed by atoms with Crippen LogP contribution in [-0.4, -0.2) is 20.6 Å². The number of carboxylic acids is 1. The number of para-hydroxylation sites is 1. The molecule has 3 aromatic carbocycles. The molecule has 0 fully saturated rings. The Balaban J connectivity index is 1.69. The molecule has 5 nitrogen and oxygen atoms in total. The van der Waals surface area contributed by atoms with E-state index in [4.69, 9.17) is 10.7 Å². The predicted molar refractivity (Wildman–Crippen MR) is 116 cm³/mol. The van der Waals surface area contributed by atoms with Crippen molar-refractivity contribution in [2.24, 2.45) is 0 Å². The van der Waals surface area contributed by atoms with Gasteiger partial charge in [0.1, 0.15) is 11.3 Å². The maximum atomic E-state index is 11.5. The van der Waals surface area contributed by atoms with Crippen molar-refractivity contribution < 1.29 is 9.90 Å². The van der Waals surface area contributed by atoms with Crippen molar-refractivity contribution in [2.45, 2.75) is 26.3 Å². The average Bonchev–Trinajstić information content (AvgIpc) is 3.07. The lowest BCUT2D eigenvalue weighted by molar-refractivity contribution is 0.0697. The minimum Gasteiger partial charge on any atom is -0.478 e. The fourth-order valence-electron chi connectivity index (χ4n) is 3.70. The maximum absolute atomic E-state index is 11.5. The molecule has 1 heterocycles. The van der Waals surface area contributed by atoms with Crippen molar-refractivity contribution in [1.29, 1.82) is 0 Å². The summed E-state index contributed by atoms with van der Waals surface area (Å²) < 4.78 is 2.22. The number of nitrogens with zero attached hydrogens (tertiary/aromatic N) is 2. The Morgan fingerprint density at radius 1 is 1.03 bits per heavy atom. The number of aromatic carboxylic acids is 1. The molecular formula is C24H23N3O2. The number of rotatable bonds is 6. The highest BCUT2D eigenvalue weighted by Crippen LogP contribution is 2.26. The molecule has 0 aliphatic heterocycles. The summed E-state index contributed by atoms with van der Waals surface area (Å²) in [7, 11) is 0. The maximum Gasteiger partial charge on any atom is 0.336 e. The number of aromatic nitrogens is 2. The van der Waals surface area contributed by atoms with E-state index in [9.17, 15) is 9.90 Å². The van der Waals surface area contributed by atoms with Crippen LogP contribution in [0.3, 0.4) is 0 Å². The number of fused-ring (bicyclic) bond motifs is 1. The minimum absolute atomic E-state index is 0.307. The zero-order valence-electron chi connectivity index (χ0n) is 16.3. The lowest BCUT2D eigenvalue weighted by atomic mass is 9.99. The number of anilines is 1. The van der Waals surface area contributed by atoms with Crippen LogP contribution >= 0.6 is 0 Å². The van der Waals surface area contributed by atoms with Gasteiger partial charge in [0, 0.05) is 13.0 Å². The highest BCUT2D eigenvalue weighted by atomic mass is 16.4. The average molecular weight is 385 g/mol. The van der Waals surface area contributed by atoms with Gasteiger partial charge in [-0.1, -0.05) is 55.5 Å². The summed E-state index contributed by atoms with van der Waals surface area (Å²) in [4.78, 5) is 16.3. The molecule has 0 saturated carbocycles. The molecular weight excluding hydrogens is 362 g/mol. The molecule has 0 radical (unpaired) electrons. The molecule has 0 saturated heterocycles. The molecule has 0 aliphatic rings. The van der Waals surface area contributed by atoms with Crippen LogP contribution in [0.15, 0.2) is 66.7 Å². The molecule has 0 aliphatic carbocycles. The van der Waals surface area contributed by atoms with Gasteiger partial charge in [0.15, 0.2) is 0 Å². The molecule has 0 bridgehead atoms. The van der Waals surface area contributed by atoms with Crippen molar-refractivity contribution in [3.63, 3.8) is 0 Å². The first-order valence-corrected chi connectivity index (χ1v) is 9.73. The third kappa shape index (κ3) is 3.59. The first-order valence-electron chi connectivity index (χ1n) is 9.73. The Kier molecular flexibility index (Phi) is 5.04. The van der Waals surface area contributed by atoms with Gasteiger partial charge < -0.3 is 15.4 Å². The molecule has 29 heavy (non-hydrogen) atoms. The van der Waals surface area contributed by atoms with E-state index in [0.29, 0.717) is 17.8 Å². The van der Waals surface area contributed by atoms with E-state index in [0.717, 1.165) is 46.4 Å². The Morgan fingerprint density at radius 2 is 1.79 bits per heavy atom. The summed E-state index contributed by atoms with van der Waals surface area (Å²) in [6.07, 6.45) is 1.90. The predicted octanol–water partition coefficient (Wildman–Crippen LogP) is 4.98. The van der Waals surface area contributed by atoms with Gasteiger partial charge >= 0.3 is 5.97 Å². The van der Waals surface area contributed by atoms with Gasteiger partial charge in [0.25, 0.3) is 0 Å². The highest BCUT2D eigenvalue weighted by Gasteiger charge is 2.14. The topological polar surface area (TPSA) is 81.1 Å². The van der Waals surface area contributed by atoms with E-state index in [-0.39, 0.29) is 0 Å². The summed E-state index contributed by atoms with van der Waals surface area (Å²) >= 11 is 0. The number of imidazole rings is 1. The van der Waals surface area contributed by atoms with Crippen LogP contribution in [0, 0.1) is 0 Å². The third-order valence-electron chi connectivity index (χ3n) is 5.13. The summed E-state index contributed by atoms with van der Waals surface area (Å²) in [6, 6.07) is 21.0. The molecule has 4 rings (SSSR count). The third-order valence-corrected chi connectivity index (χ3v) is 5.13. The molecule has 146 valence electrons. The van der Waals surface area contributed by atoms with Crippen molar-refractivity contribution >= 4 is 22.7 Å². The second kappa shape index (κ2) is 7.80. The summed E-state index contributed by atoms with van der Waals surface area (Å²) in [5.74, 6) is 0.108. The van der Waals surface area contributed by atoms with Crippen LogP contribution in [0.5, 0.6) is 0 Å². The van der Waals surface area contributed by atoms with Gasteiger partial charge in [-0.2, -0.15) is 0 Å². The van der Waals surface area contributed by atoms with Crippen LogP contribution in [0.1, 0.15) is 35.1 Å². The Morgan fingerprint density at radius 3 is 2.52 bits per heavy atom. The molecule has 0 atom stereocenters. The van der Waals surface area contributed by atoms with Crippen molar-refractivity contribution in [3.8, 4) is 11.1 Å². The van der Waals surface area contributed by atoms with Gasteiger partial charge in [-0.15, -0.1) is 0 Å². The lowest BCUT2D eigenvalue weighted by Crippen LogP contribution is -2.05. The Bertz CT molecular complexity index is 1180. The van der Waals surface area contributed by atoms with Gasteiger partial charge in [0.2, 0.25) is 0 Å². The van der Waals surface area contributed by atoms with Gasteiger partial charge in [0.05, 0.1) is 16.8 Å². The number of benzene rings is 3. The molecule has 5 heteroatoms. The first kappa shape index (κ1) is 18.7. The molecule has 0 unspecified atom stereocenters. The highest BCUT2D eigenvalue weighted by molar-refractivity contribution is 5.96. The van der Waals surface area contributed by atoms with Crippen LogP contribution in [0.2, 0.25) is 0 Å². The normalized spacial score (nSPS) is 11.1. The molecule has 0 amide bonds. The van der Waals surface area contributed by atoms with Crippen molar-refractivity contribution in [1.82, 2.24) is 9.55 Å².